The van der Waals surface area contributed by atoms with Crippen molar-refractivity contribution in [2.75, 3.05) is 0 Å². The summed E-state index contributed by atoms with van der Waals surface area (Å²) >= 11 is 0. The van der Waals surface area contributed by atoms with E-state index in [0.29, 0.717) is 18.5 Å². The molecule has 0 spiro atoms. The fourth-order valence-corrected chi connectivity index (χ4v) is 2.11. The van der Waals surface area contributed by atoms with Crippen molar-refractivity contribution in [3.63, 3.8) is 0 Å². The number of allylic oxidation sites excluding steroid dienone is 1. The highest BCUT2D eigenvalue weighted by atomic mass is 16.2. The van der Waals surface area contributed by atoms with Crippen molar-refractivity contribution in [2.45, 2.75) is 25.7 Å². The molecule has 0 radical (unpaired) electrons. The fraction of sp³-hybridized carbons (Fsp3) is 0.308. The van der Waals surface area contributed by atoms with Crippen molar-refractivity contribution < 1.29 is 9.59 Å². The van der Waals surface area contributed by atoms with Gasteiger partial charge in [-0.05, 0) is 19.4 Å². The van der Waals surface area contributed by atoms with E-state index in [1.54, 1.807) is 6.08 Å². The van der Waals surface area contributed by atoms with Crippen LogP contribution in [0.15, 0.2) is 12.7 Å². The maximum absolute atomic E-state index is 11.8. The maximum Gasteiger partial charge on any atom is 0.235 e. The molecule has 1 unspecified atom stereocenters. The van der Waals surface area contributed by atoms with E-state index in [1.165, 1.54) is 0 Å². The van der Waals surface area contributed by atoms with Crippen molar-refractivity contribution in [1.82, 2.24) is 15.5 Å². The molecule has 2 amide bonds. The molecule has 1 aliphatic heterocycles. The number of aromatic nitrogens is 2. The molecule has 0 aliphatic carbocycles. The number of nitrogens with one attached hydrogen (secondary N) is 2. The van der Waals surface area contributed by atoms with E-state index in [4.69, 9.17) is 0 Å². The van der Waals surface area contributed by atoms with E-state index in [2.05, 4.69) is 22.1 Å². The van der Waals surface area contributed by atoms with E-state index < -0.39 is 0 Å². The minimum atomic E-state index is -0.352. The third-order valence-electron chi connectivity index (χ3n) is 2.98. The summed E-state index contributed by atoms with van der Waals surface area (Å²) in [6.07, 6.45) is 6.27. The van der Waals surface area contributed by atoms with E-state index in [-0.39, 0.29) is 17.7 Å². The number of carbonyl (C=O) groups is 2. The first-order valence-corrected chi connectivity index (χ1v) is 5.84. The van der Waals surface area contributed by atoms with Crippen molar-refractivity contribution >= 4 is 24.0 Å². The lowest BCUT2D eigenvalue weighted by Gasteiger charge is -2.20. The Bertz CT molecular complexity index is 528. The van der Waals surface area contributed by atoms with E-state index >= 15 is 0 Å². The molecule has 0 bridgehead atoms. The van der Waals surface area contributed by atoms with Crippen LogP contribution < -0.4 is 5.32 Å². The Hall–Kier alpha value is -2.17. The van der Waals surface area contributed by atoms with Gasteiger partial charge in [-0.2, -0.15) is 5.10 Å². The average Bonchev–Trinajstić information content (AvgIpc) is 2.73. The fourth-order valence-electron chi connectivity index (χ4n) is 2.11. The molecule has 1 fully saturated rings. The van der Waals surface area contributed by atoms with Gasteiger partial charge in [-0.15, -0.1) is 0 Å². The lowest BCUT2D eigenvalue weighted by atomic mass is 9.91. The molecule has 1 aromatic rings. The van der Waals surface area contributed by atoms with Gasteiger partial charge in [0.05, 0.1) is 17.3 Å². The summed E-state index contributed by atoms with van der Waals surface area (Å²) < 4.78 is 0. The maximum atomic E-state index is 11.8. The van der Waals surface area contributed by atoms with Gasteiger partial charge in [-0.1, -0.05) is 18.7 Å². The second kappa shape index (κ2) is 5.00. The second-order valence-corrected chi connectivity index (χ2v) is 4.14. The van der Waals surface area contributed by atoms with Crippen LogP contribution in [0.2, 0.25) is 0 Å². The Morgan fingerprint density at radius 1 is 1.44 bits per heavy atom. The van der Waals surface area contributed by atoms with Crippen LogP contribution in [0.5, 0.6) is 0 Å². The van der Waals surface area contributed by atoms with Crippen molar-refractivity contribution in [3.8, 4) is 0 Å². The van der Waals surface area contributed by atoms with Gasteiger partial charge < -0.3 is 0 Å². The molecular formula is C13H15N3O2. The molecule has 0 saturated carbocycles. The predicted octanol–water partition coefficient (Wildman–Crippen LogP) is 1.61. The minimum absolute atomic E-state index is 0.215. The smallest absolute Gasteiger partial charge is 0.235 e. The zero-order valence-corrected chi connectivity index (χ0v) is 10.2. The van der Waals surface area contributed by atoms with Crippen LogP contribution in [0, 0.1) is 0 Å². The van der Waals surface area contributed by atoms with Crippen LogP contribution in [0.1, 0.15) is 42.6 Å². The molecule has 2 heterocycles. The van der Waals surface area contributed by atoms with Crippen molar-refractivity contribution in [1.29, 1.82) is 0 Å². The molecule has 5 nitrogen and oxygen atoms in total. The number of imide groups is 1. The molecule has 1 saturated heterocycles. The standard InChI is InChI=1S/C13H15N3O2/c1-3-5-8-10(4-2)15-16-12(8)9-6-7-11(17)14-13(9)18/h3-5,9H,2,6-7H2,1H3,(H,15,16)(H,14,17,18)/b5-3-. The third kappa shape index (κ3) is 2.11. The molecular weight excluding hydrogens is 230 g/mol. The number of hydrogen-bond donors (Lipinski definition) is 2. The van der Waals surface area contributed by atoms with Gasteiger partial charge in [0.2, 0.25) is 11.8 Å². The molecule has 1 aromatic heterocycles. The normalized spacial score (nSPS) is 20.2. The summed E-state index contributed by atoms with van der Waals surface area (Å²) in [6, 6.07) is 0. The quantitative estimate of drug-likeness (QED) is 0.794. The summed E-state index contributed by atoms with van der Waals surface area (Å²) in [4.78, 5) is 23.0. The molecule has 1 aliphatic rings. The largest absolute Gasteiger partial charge is 0.296 e. The Morgan fingerprint density at radius 3 is 2.83 bits per heavy atom. The molecule has 2 rings (SSSR count). The van der Waals surface area contributed by atoms with E-state index in [1.807, 2.05) is 19.1 Å². The lowest BCUT2D eigenvalue weighted by molar-refractivity contribution is -0.134. The third-order valence-corrected chi connectivity index (χ3v) is 2.98. The van der Waals surface area contributed by atoms with Gasteiger partial charge in [0, 0.05) is 12.0 Å². The minimum Gasteiger partial charge on any atom is -0.296 e. The van der Waals surface area contributed by atoms with Crippen LogP contribution in [0.25, 0.3) is 12.2 Å². The number of nitrogens with zero attached hydrogens (tertiary/aromatic N) is 1. The number of aromatic amines is 1. The topological polar surface area (TPSA) is 74.8 Å². The Morgan fingerprint density at radius 2 is 2.22 bits per heavy atom. The van der Waals surface area contributed by atoms with Crippen LogP contribution in [-0.2, 0) is 9.59 Å². The van der Waals surface area contributed by atoms with E-state index in [9.17, 15) is 9.59 Å². The van der Waals surface area contributed by atoms with Crippen LogP contribution in [0.3, 0.4) is 0 Å². The van der Waals surface area contributed by atoms with Crippen molar-refractivity contribution in [3.05, 3.63) is 29.6 Å². The zero-order valence-electron chi connectivity index (χ0n) is 10.2. The SMILES string of the molecule is C=Cc1n[nH]c(C2CCC(=O)NC2=O)c1/C=C\C. The number of piperidine rings is 1. The summed E-state index contributed by atoms with van der Waals surface area (Å²) in [5.74, 6) is -0.835. The summed E-state index contributed by atoms with van der Waals surface area (Å²) in [5.41, 5.74) is 2.32. The number of hydrogen-bond acceptors (Lipinski definition) is 3. The average molecular weight is 245 g/mol. The Balaban J connectivity index is 2.38. The van der Waals surface area contributed by atoms with Crippen molar-refractivity contribution in [2.24, 2.45) is 0 Å². The highest BCUT2D eigenvalue weighted by Crippen LogP contribution is 2.28. The molecule has 2 N–H and O–H groups in total. The summed E-state index contributed by atoms with van der Waals surface area (Å²) in [7, 11) is 0. The van der Waals surface area contributed by atoms with Gasteiger partial charge in [-0.25, -0.2) is 0 Å². The van der Waals surface area contributed by atoms with Gasteiger partial charge >= 0.3 is 0 Å². The summed E-state index contributed by atoms with van der Waals surface area (Å²) in [5, 5.41) is 9.35. The number of H-pyrrole nitrogens is 1. The van der Waals surface area contributed by atoms with Crippen LogP contribution in [0.4, 0.5) is 0 Å². The van der Waals surface area contributed by atoms with Gasteiger partial charge in [0.15, 0.2) is 0 Å². The Labute approximate surface area is 105 Å². The van der Waals surface area contributed by atoms with Gasteiger partial charge in [-0.3, -0.25) is 20.0 Å². The number of amides is 2. The first kappa shape index (κ1) is 12.3. The predicted molar refractivity (Wildman–Crippen MR) is 68.5 cm³/mol. The summed E-state index contributed by atoms with van der Waals surface area (Å²) in [6.45, 7) is 5.59. The monoisotopic (exact) mass is 245 g/mol. The lowest BCUT2D eigenvalue weighted by Crippen LogP contribution is -2.39. The van der Waals surface area contributed by atoms with Crippen LogP contribution in [-0.4, -0.2) is 22.0 Å². The Kier molecular flexibility index (Phi) is 3.41. The zero-order chi connectivity index (χ0) is 13.1. The molecule has 5 heteroatoms. The van der Waals surface area contributed by atoms with Crippen LogP contribution >= 0.6 is 0 Å². The first-order chi connectivity index (χ1) is 8.67. The number of carbonyl (C=O) groups excluding carboxylic acids is 2. The molecule has 0 aromatic carbocycles. The molecule has 1 atom stereocenters. The number of rotatable bonds is 3. The highest BCUT2D eigenvalue weighted by Gasteiger charge is 2.31. The second-order valence-electron chi connectivity index (χ2n) is 4.14. The molecule has 94 valence electrons. The van der Waals surface area contributed by atoms with Gasteiger partial charge in [0.25, 0.3) is 0 Å². The van der Waals surface area contributed by atoms with Gasteiger partial charge in [0.1, 0.15) is 0 Å². The highest BCUT2D eigenvalue weighted by molar-refractivity contribution is 6.01. The van der Waals surface area contributed by atoms with E-state index in [0.717, 1.165) is 11.3 Å². The molecule has 18 heavy (non-hydrogen) atoms. The first-order valence-electron chi connectivity index (χ1n) is 5.84.